The third-order valence-electron chi connectivity index (χ3n) is 2.44. The molecule has 0 radical (unpaired) electrons. The van der Waals surface area contributed by atoms with Gasteiger partial charge in [0.05, 0.1) is 5.38 Å². The minimum atomic E-state index is 0.0911. The molecule has 0 spiro atoms. The molecule has 0 heterocycles. The van der Waals surface area contributed by atoms with Crippen LogP contribution >= 0.6 is 11.6 Å². The largest absolute Gasteiger partial charge is 0.117 e. The van der Waals surface area contributed by atoms with Gasteiger partial charge in [-0.2, -0.15) is 0 Å². The van der Waals surface area contributed by atoms with E-state index in [4.69, 9.17) is 11.6 Å². The van der Waals surface area contributed by atoms with Crippen molar-refractivity contribution in [2.75, 3.05) is 0 Å². The van der Waals surface area contributed by atoms with Crippen molar-refractivity contribution in [3.8, 4) is 0 Å². The van der Waals surface area contributed by atoms with Crippen LogP contribution in [-0.2, 0) is 6.42 Å². The summed E-state index contributed by atoms with van der Waals surface area (Å²) in [7, 11) is 0. The lowest BCUT2D eigenvalue weighted by atomic mass is 9.87. The Morgan fingerprint density at radius 2 is 1.64 bits per heavy atom. The summed E-state index contributed by atoms with van der Waals surface area (Å²) in [4.78, 5) is 0. The quantitative estimate of drug-likeness (QED) is 0.627. The minimum absolute atomic E-state index is 0.0911. The van der Waals surface area contributed by atoms with Crippen molar-refractivity contribution in [3.63, 3.8) is 0 Å². The Hall–Kier alpha value is -0.490. The maximum absolute atomic E-state index is 6.38. The Balaban J connectivity index is 2.87. The zero-order valence-electron chi connectivity index (χ0n) is 9.47. The van der Waals surface area contributed by atoms with E-state index in [2.05, 4.69) is 52.0 Å². The van der Waals surface area contributed by atoms with Crippen molar-refractivity contribution < 1.29 is 0 Å². The number of halogens is 1. The van der Waals surface area contributed by atoms with Crippen LogP contribution in [0, 0.1) is 5.41 Å². The zero-order valence-corrected chi connectivity index (χ0v) is 10.2. The van der Waals surface area contributed by atoms with Gasteiger partial charge in [-0.1, -0.05) is 52.0 Å². The van der Waals surface area contributed by atoms with Crippen LogP contribution in [0.25, 0.3) is 0 Å². The lowest BCUT2D eigenvalue weighted by Gasteiger charge is -2.25. The Bertz CT molecular complexity index is 279. The molecule has 78 valence electrons. The maximum Gasteiger partial charge on any atom is 0.0633 e. The molecule has 1 rings (SSSR count). The lowest BCUT2D eigenvalue weighted by molar-refractivity contribution is 0.396. The highest BCUT2D eigenvalue weighted by molar-refractivity contribution is 6.21. The molecular weight excluding hydrogens is 192 g/mol. The van der Waals surface area contributed by atoms with E-state index >= 15 is 0 Å². The highest BCUT2D eigenvalue weighted by atomic mass is 35.5. The molecule has 0 saturated carbocycles. The van der Waals surface area contributed by atoms with E-state index < -0.39 is 0 Å². The SMILES string of the molecule is CCc1ccc(C(Cl)C(C)(C)C)cc1. The van der Waals surface area contributed by atoms with Gasteiger partial charge in [0, 0.05) is 0 Å². The molecule has 0 aliphatic rings. The lowest BCUT2D eigenvalue weighted by Crippen LogP contribution is -2.13. The average molecular weight is 211 g/mol. The van der Waals surface area contributed by atoms with Gasteiger partial charge in [0.15, 0.2) is 0 Å². The summed E-state index contributed by atoms with van der Waals surface area (Å²) in [5.41, 5.74) is 2.71. The highest BCUT2D eigenvalue weighted by Crippen LogP contribution is 2.38. The summed E-state index contributed by atoms with van der Waals surface area (Å²) in [6, 6.07) is 8.61. The van der Waals surface area contributed by atoms with Crippen molar-refractivity contribution in [2.24, 2.45) is 5.41 Å². The first-order valence-electron chi connectivity index (χ1n) is 5.18. The van der Waals surface area contributed by atoms with Crippen LogP contribution in [0.1, 0.15) is 44.2 Å². The van der Waals surface area contributed by atoms with E-state index in [1.165, 1.54) is 11.1 Å². The summed E-state index contributed by atoms with van der Waals surface area (Å²) in [6.07, 6.45) is 1.09. The minimum Gasteiger partial charge on any atom is -0.117 e. The second-order valence-electron chi connectivity index (χ2n) is 4.82. The zero-order chi connectivity index (χ0) is 10.8. The van der Waals surface area contributed by atoms with Crippen LogP contribution in [0.3, 0.4) is 0 Å². The van der Waals surface area contributed by atoms with Gasteiger partial charge >= 0.3 is 0 Å². The van der Waals surface area contributed by atoms with Crippen molar-refractivity contribution in [1.29, 1.82) is 0 Å². The van der Waals surface area contributed by atoms with Gasteiger partial charge in [0.2, 0.25) is 0 Å². The van der Waals surface area contributed by atoms with Gasteiger partial charge < -0.3 is 0 Å². The van der Waals surface area contributed by atoms with Crippen LogP contribution in [0.4, 0.5) is 0 Å². The second-order valence-corrected chi connectivity index (χ2v) is 5.26. The Morgan fingerprint density at radius 1 is 1.14 bits per heavy atom. The third kappa shape index (κ3) is 2.75. The number of alkyl halides is 1. The van der Waals surface area contributed by atoms with Crippen LogP contribution in [0.5, 0.6) is 0 Å². The molecule has 1 unspecified atom stereocenters. The Labute approximate surface area is 92.3 Å². The van der Waals surface area contributed by atoms with Crippen molar-refractivity contribution >= 4 is 11.6 Å². The molecule has 0 fully saturated rings. The molecule has 0 aliphatic heterocycles. The average Bonchev–Trinajstić information content (AvgIpc) is 2.15. The van der Waals surface area contributed by atoms with Crippen molar-refractivity contribution in [2.45, 2.75) is 39.5 Å². The second kappa shape index (κ2) is 4.35. The summed E-state index contributed by atoms with van der Waals surface area (Å²) in [5, 5.41) is 0.0911. The van der Waals surface area contributed by atoms with Gasteiger partial charge in [0.25, 0.3) is 0 Å². The molecule has 0 saturated heterocycles. The third-order valence-corrected chi connectivity index (χ3v) is 3.35. The van der Waals surface area contributed by atoms with Crippen LogP contribution < -0.4 is 0 Å². The van der Waals surface area contributed by atoms with E-state index in [0.717, 1.165) is 6.42 Å². The maximum atomic E-state index is 6.38. The summed E-state index contributed by atoms with van der Waals surface area (Å²) in [5.74, 6) is 0. The highest BCUT2D eigenvalue weighted by Gasteiger charge is 2.23. The normalized spacial score (nSPS) is 14.1. The van der Waals surface area contributed by atoms with Crippen LogP contribution in [0.15, 0.2) is 24.3 Å². The Kier molecular flexibility index (Phi) is 3.60. The number of rotatable bonds is 2. The fourth-order valence-electron chi connectivity index (χ4n) is 1.42. The van der Waals surface area contributed by atoms with E-state index in [0.29, 0.717) is 0 Å². The van der Waals surface area contributed by atoms with Gasteiger partial charge in [0.1, 0.15) is 0 Å². The van der Waals surface area contributed by atoms with Gasteiger partial charge in [-0.25, -0.2) is 0 Å². The first-order chi connectivity index (χ1) is 6.45. The number of hydrogen-bond donors (Lipinski definition) is 0. The molecule has 0 aliphatic carbocycles. The molecule has 1 aromatic carbocycles. The molecule has 0 amide bonds. The molecule has 0 aromatic heterocycles. The molecular formula is C13H19Cl. The summed E-state index contributed by atoms with van der Waals surface area (Å²) >= 11 is 6.38. The number of aryl methyl sites for hydroxylation is 1. The predicted octanol–water partition coefficient (Wildman–Crippen LogP) is 4.58. The number of hydrogen-bond acceptors (Lipinski definition) is 0. The monoisotopic (exact) mass is 210 g/mol. The molecule has 1 heteroatoms. The van der Waals surface area contributed by atoms with Crippen molar-refractivity contribution in [1.82, 2.24) is 0 Å². The van der Waals surface area contributed by atoms with Crippen molar-refractivity contribution in [3.05, 3.63) is 35.4 Å². The summed E-state index contributed by atoms with van der Waals surface area (Å²) in [6.45, 7) is 8.66. The van der Waals surface area contributed by atoms with E-state index in [1.807, 2.05) is 0 Å². The fraction of sp³-hybridized carbons (Fsp3) is 0.538. The Morgan fingerprint density at radius 3 is 2.00 bits per heavy atom. The van der Waals surface area contributed by atoms with Gasteiger partial charge in [-0.15, -0.1) is 11.6 Å². The molecule has 1 atom stereocenters. The molecule has 0 bridgehead atoms. The molecule has 1 aromatic rings. The first kappa shape index (κ1) is 11.6. The summed E-state index contributed by atoms with van der Waals surface area (Å²) < 4.78 is 0. The van der Waals surface area contributed by atoms with Crippen LogP contribution in [-0.4, -0.2) is 0 Å². The van der Waals surface area contributed by atoms with Gasteiger partial charge in [-0.05, 0) is 23.0 Å². The topological polar surface area (TPSA) is 0 Å². The molecule has 0 nitrogen and oxygen atoms in total. The molecule has 0 N–H and O–H groups in total. The predicted molar refractivity (Wildman–Crippen MR) is 63.9 cm³/mol. The van der Waals surface area contributed by atoms with Gasteiger partial charge in [-0.3, -0.25) is 0 Å². The number of benzene rings is 1. The van der Waals surface area contributed by atoms with E-state index in [1.54, 1.807) is 0 Å². The standard InChI is InChI=1S/C13H19Cl/c1-5-10-6-8-11(9-7-10)12(14)13(2,3)4/h6-9,12H,5H2,1-4H3. The van der Waals surface area contributed by atoms with E-state index in [9.17, 15) is 0 Å². The smallest absolute Gasteiger partial charge is 0.0633 e. The first-order valence-corrected chi connectivity index (χ1v) is 5.61. The van der Waals surface area contributed by atoms with Crippen LogP contribution in [0.2, 0.25) is 0 Å². The fourth-order valence-corrected chi connectivity index (χ4v) is 1.57. The van der Waals surface area contributed by atoms with E-state index in [-0.39, 0.29) is 10.8 Å². The molecule has 14 heavy (non-hydrogen) atoms.